The van der Waals surface area contributed by atoms with Crippen LogP contribution in [0.3, 0.4) is 0 Å². The monoisotopic (exact) mass is 454 g/mol. The second kappa shape index (κ2) is 9.62. The average Bonchev–Trinajstić information content (AvgIpc) is 2.64. The van der Waals surface area contributed by atoms with Crippen molar-refractivity contribution in [2.24, 2.45) is 0 Å². The molecule has 2 aromatic carbocycles. The Labute approximate surface area is 171 Å². The van der Waals surface area contributed by atoms with Gasteiger partial charge in [0.15, 0.2) is 6.61 Å². The lowest BCUT2D eigenvalue weighted by molar-refractivity contribution is -0.123. The van der Waals surface area contributed by atoms with Crippen LogP contribution in [0.2, 0.25) is 5.02 Å². The first-order chi connectivity index (χ1) is 12.8. The van der Waals surface area contributed by atoms with Crippen molar-refractivity contribution in [2.75, 3.05) is 13.2 Å². The number of nitrogens with one attached hydrogen (secondary N) is 2. The summed E-state index contributed by atoms with van der Waals surface area (Å²) < 4.78 is 11.5. The topological polar surface area (TPSA) is 76.7 Å². The van der Waals surface area contributed by atoms with E-state index in [4.69, 9.17) is 21.1 Å². The summed E-state index contributed by atoms with van der Waals surface area (Å²) in [5.41, 5.74) is 6.75. The molecule has 0 aliphatic rings. The van der Waals surface area contributed by atoms with E-state index in [1.807, 2.05) is 20.8 Å². The van der Waals surface area contributed by atoms with Gasteiger partial charge in [0.25, 0.3) is 11.8 Å². The molecule has 2 N–H and O–H groups in total. The van der Waals surface area contributed by atoms with Gasteiger partial charge in [0.2, 0.25) is 0 Å². The summed E-state index contributed by atoms with van der Waals surface area (Å²) in [5, 5.41) is 0.667. The SMILES string of the molecule is CCOc1ccc(C(=O)NNC(=O)COc2cc(C)c(Cl)c(C)c2)cc1Br. The van der Waals surface area contributed by atoms with E-state index in [-0.39, 0.29) is 6.61 Å². The first-order valence-electron chi connectivity index (χ1n) is 8.23. The van der Waals surface area contributed by atoms with Gasteiger partial charge < -0.3 is 9.47 Å². The molecule has 0 aliphatic heterocycles. The summed E-state index contributed by atoms with van der Waals surface area (Å²) in [7, 11) is 0. The standard InChI is InChI=1S/C19H20BrClN2O4/c1-4-26-16-6-5-13(9-15(16)20)19(25)23-22-17(24)10-27-14-7-11(2)18(21)12(3)8-14/h5-9H,4,10H2,1-3H3,(H,22,24)(H,23,25). The molecular weight excluding hydrogens is 436 g/mol. The van der Waals surface area contributed by atoms with Crippen LogP contribution in [0.25, 0.3) is 0 Å². The second-order valence-corrected chi connectivity index (χ2v) is 6.97. The number of rotatable bonds is 6. The average molecular weight is 456 g/mol. The number of amides is 2. The fourth-order valence-electron chi connectivity index (χ4n) is 2.29. The summed E-state index contributed by atoms with van der Waals surface area (Å²) in [6.07, 6.45) is 0. The van der Waals surface area contributed by atoms with Crippen LogP contribution in [0.4, 0.5) is 0 Å². The quantitative estimate of drug-likeness (QED) is 0.647. The Morgan fingerprint density at radius 1 is 1.07 bits per heavy atom. The third-order valence-electron chi connectivity index (χ3n) is 3.59. The number of carbonyl (C=O) groups excluding carboxylic acids is 2. The van der Waals surface area contributed by atoms with Crippen LogP contribution in [0.1, 0.15) is 28.4 Å². The number of hydrogen-bond donors (Lipinski definition) is 2. The number of carbonyl (C=O) groups is 2. The third kappa shape index (κ3) is 5.87. The van der Waals surface area contributed by atoms with E-state index in [1.54, 1.807) is 30.3 Å². The third-order valence-corrected chi connectivity index (χ3v) is 4.81. The fourth-order valence-corrected chi connectivity index (χ4v) is 2.89. The van der Waals surface area contributed by atoms with E-state index in [2.05, 4.69) is 26.8 Å². The Bertz CT molecular complexity index is 835. The Morgan fingerprint density at radius 3 is 2.33 bits per heavy atom. The van der Waals surface area contributed by atoms with Crippen molar-refractivity contribution in [3.8, 4) is 11.5 Å². The molecule has 0 bridgehead atoms. The number of aryl methyl sites for hydroxylation is 2. The van der Waals surface area contributed by atoms with Gasteiger partial charge >= 0.3 is 0 Å². The van der Waals surface area contributed by atoms with Gasteiger partial charge in [-0.15, -0.1) is 0 Å². The molecule has 0 aliphatic carbocycles. The highest BCUT2D eigenvalue weighted by Gasteiger charge is 2.11. The predicted molar refractivity (Wildman–Crippen MR) is 107 cm³/mol. The largest absolute Gasteiger partial charge is 0.493 e. The molecule has 2 rings (SSSR count). The van der Waals surface area contributed by atoms with Gasteiger partial charge in [0.1, 0.15) is 11.5 Å². The van der Waals surface area contributed by atoms with Gasteiger partial charge in [0, 0.05) is 10.6 Å². The molecule has 2 amide bonds. The molecule has 144 valence electrons. The molecule has 0 unspecified atom stereocenters. The number of halogens is 2. The van der Waals surface area contributed by atoms with Crippen LogP contribution < -0.4 is 20.3 Å². The maximum absolute atomic E-state index is 12.1. The normalized spacial score (nSPS) is 10.3. The Hall–Kier alpha value is -2.25. The van der Waals surface area contributed by atoms with Gasteiger partial charge in [-0.05, 0) is 78.2 Å². The van der Waals surface area contributed by atoms with Crippen molar-refractivity contribution in [3.63, 3.8) is 0 Å². The molecule has 6 nitrogen and oxygen atoms in total. The molecular formula is C19H20BrClN2O4. The minimum atomic E-state index is -0.487. The molecule has 0 radical (unpaired) electrons. The van der Waals surface area contributed by atoms with E-state index in [0.717, 1.165) is 11.1 Å². The zero-order valence-electron chi connectivity index (χ0n) is 15.2. The molecule has 0 spiro atoms. The Morgan fingerprint density at radius 2 is 1.74 bits per heavy atom. The predicted octanol–water partition coefficient (Wildman–Crippen LogP) is 3.96. The highest BCUT2D eigenvalue weighted by molar-refractivity contribution is 9.10. The lowest BCUT2D eigenvalue weighted by Gasteiger charge is -2.11. The summed E-state index contributed by atoms with van der Waals surface area (Å²) in [6.45, 7) is 5.87. The van der Waals surface area contributed by atoms with E-state index in [0.29, 0.717) is 33.2 Å². The minimum absolute atomic E-state index is 0.242. The zero-order valence-corrected chi connectivity index (χ0v) is 17.5. The minimum Gasteiger partial charge on any atom is -0.493 e. The summed E-state index contributed by atoms with van der Waals surface area (Å²) in [4.78, 5) is 24.0. The van der Waals surface area contributed by atoms with Gasteiger partial charge in [-0.25, -0.2) is 0 Å². The van der Waals surface area contributed by atoms with E-state index in [9.17, 15) is 9.59 Å². The molecule has 0 saturated carbocycles. The highest BCUT2D eigenvalue weighted by Crippen LogP contribution is 2.26. The number of benzene rings is 2. The van der Waals surface area contributed by atoms with Crippen molar-refractivity contribution in [1.82, 2.24) is 10.9 Å². The van der Waals surface area contributed by atoms with Crippen molar-refractivity contribution >= 4 is 39.3 Å². The van der Waals surface area contributed by atoms with E-state index < -0.39 is 11.8 Å². The molecule has 2 aromatic rings. The Balaban J connectivity index is 1.86. The van der Waals surface area contributed by atoms with Gasteiger partial charge in [-0.1, -0.05) is 11.6 Å². The van der Waals surface area contributed by atoms with Crippen molar-refractivity contribution in [2.45, 2.75) is 20.8 Å². The van der Waals surface area contributed by atoms with Crippen LogP contribution in [0.15, 0.2) is 34.8 Å². The van der Waals surface area contributed by atoms with Crippen LogP contribution in [0, 0.1) is 13.8 Å². The van der Waals surface area contributed by atoms with Crippen LogP contribution >= 0.6 is 27.5 Å². The molecule has 0 atom stereocenters. The summed E-state index contributed by atoms with van der Waals surface area (Å²) in [5.74, 6) is 0.232. The second-order valence-electron chi connectivity index (χ2n) is 5.74. The fraction of sp³-hybridized carbons (Fsp3) is 0.263. The van der Waals surface area contributed by atoms with Gasteiger partial charge in [-0.2, -0.15) is 0 Å². The molecule has 0 saturated heterocycles. The van der Waals surface area contributed by atoms with Crippen LogP contribution in [0.5, 0.6) is 11.5 Å². The van der Waals surface area contributed by atoms with Crippen LogP contribution in [-0.2, 0) is 4.79 Å². The lowest BCUT2D eigenvalue weighted by Crippen LogP contribution is -2.43. The molecule has 0 fully saturated rings. The summed E-state index contributed by atoms with van der Waals surface area (Å²) in [6, 6.07) is 8.39. The lowest BCUT2D eigenvalue weighted by atomic mass is 10.1. The highest BCUT2D eigenvalue weighted by atomic mass is 79.9. The number of hydrogen-bond acceptors (Lipinski definition) is 4. The van der Waals surface area contributed by atoms with Crippen molar-refractivity contribution in [3.05, 3.63) is 56.5 Å². The molecule has 8 heteroatoms. The van der Waals surface area contributed by atoms with Gasteiger partial charge in [0.05, 0.1) is 11.1 Å². The number of hydrazine groups is 1. The smallest absolute Gasteiger partial charge is 0.276 e. The first-order valence-corrected chi connectivity index (χ1v) is 9.40. The molecule has 0 aromatic heterocycles. The van der Waals surface area contributed by atoms with Crippen LogP contribution in [-0.4, -0.2) is 25.0 Å². The van der Waals surface area contributed by atoms with Crippen molar-refractivity contribution in [1.29, 1.82) is 0 Å². The maximum atomic E-state index is 12.1. The number of ether oxygens (including phenoxy) is 2. The first kappa shape index (κ1) is 21.1. The maximum Gasteiger partial charge on any atom is 0.276 e. The zero-order chi connectivity index (χ0) is 20.0. The van der Waals surface area contributed by atoms with E-state index >= 15 is 0 Å². The Kier molecular flexibility index (Phi) is 7.50. The summed E-state index contributed by atoms with van der Waals surface area (Å²) >= 11 is 9.44. The van der Waals surface area contributed by atoms with Crippen molar-refractivity contribution < 1.29 is 19.1 Å². The molecule has 0 heterocycles. The van der Waals surface area contributed by atoms with E-state index in [1.165, 1.54) is 0 Å². The van der Waals surface area contributed by atoms with Gasteiger partial charge in [-0.3, -0.25) is 20.4 Å². The molecule has 27 heavy (non-hydrogen) atoms.